The van der Waals surface area contributed by atoms with Gasteiger partial charge in [-0.2, -0.15) is 0 Å². The molecule has 0 unspecified atom stereocenters. The zero-order valence-corrected chi connectivity index (χ0v) is 9.63. The largest absolute Gasteiger partial charge is 0.361 e. The maximum absolute atomic E-state index is 3.25. The number of hydrogen-bond acceptors (Lipinski definition) is 2. The first-order valence-electron chi connectivity index (χ1n) is 5.05. The Bertz CT molecular complexity index is 382. The monoisotopic (exact) mass is 219 g/mol. The van der Waals surface area contributed by atoms with Crippen LogP contribution in [0.15, 0.2) is 42.6 Å². The first-order valence-corrected chi connectivity index (χ1v) is 6.04. The minimum atomic E-state index is 1.12. The van der Waals surface area contributed by atoms with Gasteiger partial charge in [-0.15, -0.1) is 0 Å². The molecule has 1 aliphatic rings. The fourth-order valence-corrected chi connectivity index (χ4v) is 2.48. The Morgan fingerprint density at radius 1 is 1.33 bits per heavy atom. The number of rotatable bonds is 3. The molecule has 1 N–H and O–H groups in total. The van der Waals surface area contributed by atoms with E-state index in [9.17, 15) is 0 Å². The molecule has 0 atom stereocenters. The van der Waals surface area contributed by atoms with E-state index in [1.54, 1.807) is 0 Å². The number of para-hydroxylation sites is 1. The molecule has 1 aromatic rings. The molecule has 0 radical (unpaired) electrons. The van der Waals surface area contributed by atoms with Crippen LogP contribution in [-0.2, 0) is 0 Å². The van der Waals surface area contributed by atoms with Crippen LogP contribution in [-0.4, -0.2) is 29.0 Å². The van der Waals surface area contributed by atoms with E-state index >= 15 is 0 Å². The Hall–Kier alpha value is -1.22. The maximum Gasteiger partial charge on any atom is 0.236 e. The van der Waals surface area contributed by atoms with Crippen molar-refractivity contribution in [2.24, 2.45) is 0 Å². The molecule has 0 saturated heterocycles. The summed E-state index contributed by atoms with van der Waals surface area (Å²) in [6.07, 6.45) is 4.13. The molecule has 1 heterocycles. The molecule has 0 aliphatic carbocycles. The maximum atomic E-state index is 3.25. The molecule has 0 fully saturated rings. The fraction of sp³-hybridized carbons (Fsp3) is 0.250. The van der Waals surface area contributed by atoms with E-state index in [0.717, 1.165) is 12.2 Å². The van der Waals surface area contributed by atoms with Gasteiger partial charge in [-0.05, 0) is 12.1 Å². The predicted molar refractivity (Wildman–Crippen MR) is 67.7 cm³/mol. The fourth-order valence-electron chi connectivity index (χ4n) is 1.43. The number of nitrogens with one attached hydrogen (secondary N) is 1. The SMILES string of the molecule is C[N+]1=C(/C=C\Nc2ccccc2)SCC1. The van der Waals surface area contributed by atoms with Gasteiger partial charge < -0.3 is 5.32 Å². The summed E-state index contributed by atoms with van der Waals surface area (Å²) in [6, 6.07) is 10.2. The zero-order valence-electron chi connectivity index (χ0n) is 8.81. The third-order valence-electron chi connectivity index (χ3n) is 2.30. The summed E-state index contributed by atoms with van der Waals surface area (Å²) in [5.41, 5.74) is 1.12. The summed E-state index contributed by atoms with van der Waals surface area (Å²) in [5, 5.41) is 4.58. The van der Waals surface area contributed by atoms with E-state index in [4.69, 9.17) is 0 Å². The number of hydrogen-bond donors (Lipinski definition) is 1. The van der Waals surface area contributed by atoms with Crippen LogP contribution >= 0.6 is 11.8 Å². The first kappa shape index (κ1) is 10.3. The van der Waals surface area contributed by atoms with Crippen molar-refractivity contribution in [3.05, 3.63) is 42.6 Å². The van der Waals surface area contributed by atoms with Crippen LogP contribution in [0.3, 0.4) is 0 Å². The lowest BCUT2D eigenvalue weighted by molar-refractivity contribution is -0.485. The topological polar surface area (TPSA) is 15.0 Å². The third-order valence-corrected chi connectivity index (χ3v) is 3.43. The molecule has 0 bridgehead atoms. The van der Waals surface area contributed by atoms with Gasteiger partial charge in [-0.25, -0.2) is 4.58 Å². The molecular formula is C12H15N2S+. The Morgan fingerprint density at radius 2 is 2.13 bits per heavy atom. The standard InChI is InChI=1S/C12H14N2S/c1-14-9-10-15-12(14)7-8-13-11-5-3-2-4-6-11/h2-8H,9-10H2,1H3/p+1. The van der Waals surface area contributed by atoms with Crippen LogP contribution in [0.2, 0.25) is 0 Å². The number of nitrogens with zero attached hydrogens (tertiary/aromatic N) is 1. The molecule has 0 spiro atoms. The van der Waals surface area contributed by atoms with E-state index in [1.807, 2.05) is 36.2 Å². The van der Waals surface area contributed by atoms with Gasteiger partial charge in [0.25, 0.3) is 0 Å². The number of anilines is 1. The Morgan fingerprint density at radius 3 is 2.80 bits per heavy atom. The van der Waals surface area contributed by atoms with Crippen LogP contribution < -0.4 is 5.32 Å². The lowest BCUT2D eigenvalue weighted by Crippen LogP contribution is -2.06. The van der Waals surface area contributed by atoms with Crippen molar-refractivity contribution < 1.29 is 4.58 Å². The highest BCUT2D eigenvalue weighted by atomic mass is 32.2. The molecule has 2 nitrogen and oxygen atoms in total. The second-order valence-electron chi connectivity index (χ2n) is 3.45. The van der Waals surface area contributed by atoms with E-state index in [1.165, 1.54) is 10.8 Å². The normalized spacial score (nSPS) is 16.3. The zero-order chi connectivity index (χ0) is 10.5. The summed E-state index contributed by atoms with van der Waals surface area (Å²) < 4.78 is 2.27. The van der Waals surface area contributed by atoms with Gasteiger partial charge in [0.05, 0.1) is 5.75 Å². The summed E-state index contributed by atoms with van der Waals surface area (Å²) in [4.78, 5) is 0. The minimum absolute atomic E-state index is 1.12. The van der Waals surface area contributed by atoms with Gasteiger partial charge in [-0.3, -0.25) is 0 Å². The highest BCUT2D eigenvalue weighted by molar-refractivity contribution is 8.14. The van der Waals surface area contributed by atoms with Gasteiger partial charge in [0.15, 0.2) is 6.54 Å². The first-order chi connectivity index (χ1) is 7.36. The van der Waals surface area contributed by atoms with Crippen molar-refractivity contribution in [1.82, 2.24) is 0 Å². The van der Waals surface area contributed by atoms with E-state index in [0.29, 0.717) is 0 Å². The Kier molecular flexibility index (Phi) is 3.45. The molecule has 0 saturated carbocycles. The second kappa shape index (κ2) is 5.03. The molecule has 78 valence electrons. The highest BCUT2D eigenvalue weighted by Crippen LogP contribution is 2.11. The van der Waals surface area contributed by atoms with Crippen LogP contribution in [0, 0.1) is 0 Å². The summed E-state index contributed by atoms with van der Waals surface area (Å²) in [7, 11) is 2.13. The molecule has 15 heavy (non-hydrogen) atoms. The van der Waals surface area contributed by atoms with Crippen LogP contribution in [0.5, 0.6) is 0 Å². The second-order valence-corrected chi connectivity index (χ2v) is 4.57. The van der Waals surface area contributed by atoms with Crippen LogP contribution in [0.1, 0.15) is 0 Å². The van der Waals surface area contributed by atoms with Crippen LogP contribution in [0.25, 0.3) is 0 Å². The summed E-state index contributed by atoms with van der Waals surface area (Å²) >= 11 is 1.90. The Labute approximate surface area is 94.7 Å². The quantitative estimate of drug-likeness (QED) is 0.785. The average molecular weight is 219 g/mol. The molecule has 0 amide bonds. The molecular weight excluding hydrogens is 204 g/mol. The third kappa shape index (κ3) is 2.86. The van der Waals surface area contributed by atoms with Crippen LogP contribution in [0.4, 0.5) is 5.69 Å². The van der Waals surface area contributed by atoms with Gasteiger partial charge in [0.2, 0.25) is 5.04 Å². The minimum Gasteiger partial charge on any atom is -0.361 e. The molecule has 0 aromatic heterocycles. The van der Waals surface area contributed by atoms with Crippen molar-refractivity contribution in [3.8, 4) is 0 Å². The molecule has 1 aromatic carbocycles. The van der Waals surface area contributed by atoms with Gasteiger partial charge >= 0.3 is 0 Å². The average Bonchev–Trinajstić information content (AvgIpc) is 2.66. The summed E-state index contributed by atoms with van der Waals surface area (Å²) in [6.45, 7) is 1.15. The van der Waals surface area contributed by atoms with E-state index in [-0.39, 0.29) is 0 Å². The smallest absolute Gasteiger partial charge is 0.236 e. The van der Waals surface area contributed by atoms with Crippen molar-refractivity contribution in [2.45, 2.75) is 0 Å². The molecule has 1 aliphatic heterocycles. The van der Waals surface area contributed by atoms with Gasteiger partial charge in [-0.1, -0.05) is 30.0 Å². The predicted octanol–water partition coefficient (Wildman–Crippen LogP) is 2.40. The highest BCUT2D eigenvalue weighted by Gasteiger charge is 2.15. The van der Waals surface area contributed by atoms with Crippen molar-refractivity contribution in [1.29, 1.82) is 0 Å². The number of thioether (sulfide) groups is 1. The van der Waals surface area contributed by atoms with Gasteiger partial charge in [0.1, 0.15) is 7.05 Å². The molecule has 3 heteroatoms. The number of benzene rings is 1. The van der Waals surface area contributed by atoms with E-state index in [2.05, 4.69) is 35.1 Å². The Balaban J connectivity index is 1.93. The van der Waals surface area contributed by atoms with Gasteiger partial charge in [0, 0.05) is 18.0 Å². The van der Waals surface area contributed by atoms with Crippen molar-refractivity contribution in [3.63, 3.8) is 0 Å². The molecule has 2 rings (SSSR count). The van der Waals surface area contributed by atoms with E-state index < -0.39 is 0 Å². The van der Waals surface area contributed by atoms with Crippen molar-refractivity contribution >= 4 is 22.5 Å². The lowest BCUT2D eigenvalue weighted by Gasteiger charge is -1.97. The van der Waals surface area contributed by atoms with Crippen molar-refractivity contribution in [2.75, 3.05) is 24.7 Å². The lowest BCUT2D eigenvalue weighted by atomic mass is 10.3. The summed E-state index contributed by atoms with van der Waals surface area (Å²) in [5.74, 6) is 1.20.